The minimum atomic E-state index is -2.51. The van der Waals surface area contributed by atoms with E-state index < -0.39 is 13.0 Å². The highest BCUT2D eigenvalue weighted by Crippen LogP contribution is 2.02. The maximum atomic E-state index is 12.3. The monoisotopic (exact) mass is 264 g/mol. The van der Waals surface area contributed by atoms with Gasteiger partial charge in [0.2, 0.25) is 5.91 Å². The fraction of sp³-hybridized carbons (Fsp3) is 0.750. The van der Waals surface area contributed by atoms with Crippen molar-refractivity contribution < 1.29 is 18.7 Å². The van der Waals surface area contributed by atoms with Crippen LogP contribution >= 0.6 is 0 Å². The van der Waals surface area contributed by atoms with Crippen LogP contribution in [0.15, 0.2) is 12.2 Å². The Morgan fingerprint density at radius 1 is 1.39 bits per heavy atom. The van der Waals surface area contributed by atoms with Gasteiger partial charge < -0.3 is 10.0 Å². The summed E-state index contributed by atoms with van der Waals surface area (Å²) in [5.41, 5.74) is 0.841. The van der Waals surface area contributed by atoms with Crippen molar-refractivity contribution >= 4 is 5.91 Å². The molecule has 1 amide bonds. The molecular weight excluding hydrogens is 242 g/mol. The number of carbonyl (C=O) groups excluding carboxylic acids is 1. The number of nitrogens with zero attached hydrogens (tertiary/aromatic N) is 2. The van der Waals surface area contributed by atoms with Gasteiger partial charge in [-0.05, 0) is 13.8 Å². The molecule has 0 fully saturated rings. The average molecular weight is 264 g/mol. The van der Waals surface area contributed by atoms with Gasteiger partial charge in [-0.25, -0.2) is 8.78 Å². The van der Waals surface area contributed by atoms with Crippen LogP contribution < -0.4 is 0 Å². The van der Waals surface area contributed by atoms with Gasteiger partial charge in [0.15, 0.2) is 0 Å². The molecule has 6 heteroatoms. The van der Waals surface area contributed by atoms with Crippen molar-refractivity contribution in [3.63, 3.8) is 0 Å². The molecule has 0 unspecified atom stereocenters. The number of aliphatic hydroxyl groups excluding tert-OH is 1. The fourth-order valence-corrected chi connectivity index (χ4v) is 1.56. The number of halogens is 2. The summed E-state index contributed by atoms with van der Waals surface area (Å²) in [5.74, 6) is -0.227. The number of hydrogen-bond acceptors (Lipinski definition) is 3. The van der Waals surface area contributed by atoms with Crippen molar-refractivity contribution in [3.05, 3.63) is 12.2 Å². The lowest BCUT2D eigenvalue weighted by Crippen LogP contribution is -2.43. The molecule has 0 aliphatic heterocycles. The highest BCUT2D eigenvalue weighted by molar-refractivity contribution is 5.78. The zero-order valence-electron chi connectivity index (χ0n) is 11.0. The van der Waals surface area contributed by atoms with E-state index in [2.05, 4.69) is 6.58 Å². The number of carbonyl (C=O) groups is 1. The number of aliphatic hydroxyl groups is 1. The highest BCUT2D eigenvalue weighted by Gasteiger charge is 2.18. The Hall–Kier alpha value is -1.01. The summed E-state index contributed by atoms with van der Waals surface area (Å²) in [4.78, 5) is 14.7. The molecule has 0 aliphatic carbocycles. The molecule has 0 rings (SSSR count). The molecule has 1 N–H and O–H groups in total. The van der Waals surface area contributed by atoms with E-state index in [9.17, 15) is 13.6 Å². The second-order valence-electron chi connectivity index (χ2n) is 4.21. The van der Waals surface area contributed by atoms with Crippen LogP contribution in [0.3, 0.4) is 0 Å². The highest BCUT2D eigenvalue weighted by atomic mass is 19.3. The smallest absolute Gasteiger partial charge is 0.251 e. The Balaban J connectivity index is 4.40. The summed E-state index contributed by atoms with van der Waals surface area (Å²) in [6, 6.07) is 0. The quantitative estimate of drug-likeness (QED) is 0.631. The minimum Gasteiger partial charge on any atom is -0.395 e. The zero-order chi connectivity index (χ0) is 14.1. The van der Waals surface area contributed by atoms with Crippen LogP contribution in [0.1, 0.15) is 13.8 Å². The topological polar surface area (TPSA) is 43.8 Å². The average Bonchev–Trinajstić information content (AvgIpc) is 2.24. The van der Waals surface area contributed by atoms with Crippen LogP contribution in [0.25, 0.3) is 0 Å². The number of amides is 1. The van der Waals surface area contributed by atoms with Gasteiger partial charge >= 0.3 is 0 Å². The first kappa shape index (κ1) is 17.0. The third-order valence-corrected chi connectivity index (χ3v) is 2.37. The number of rotatable bonds is 9. The fourth-order valence-electron chi connectivity index (χ4n) is 1.56. The largest absolute Gasteiger partial charge is 0.395 e. The van der Waals surface area contributed by atoms with Crippen LogP contribution in [-0.2, 0) is 4.79 Å². The van der Waals surface area contributed by atoms with Gasteiger partial charge in [0.05, 0.1) is 19.7 Å². The van der Waals surface area contributed by atoms with Crippen molar-refractivity contribution in [2.75, 3.05) is 39.3 Å². The Bertz CT molecular complexity index is 273. The molecule has 0 aromatic heterocycles. The lowest BCUT2D eigenvalue weighted by Gasteiger charge is -2.26. The van der Waals surface area contributed by atoms with Crippen LogP contribution in [0.4, 0.5) is 8.78 Å². The third-order valence-electron chi connectivity index (χ3n) is 2.37. The number of hydrogen-bond donors (Lipinski definition) is 1. The normalized spacial score (nSPS) is 11.1. The Labute approximate surface area is 107 Å². The maximum Gasteiger partial charge on any atom is 0.251 e. The Morgan fingerprint density at radius 2 is 2.00 bits per heavy atom. The van der Waals surface area contributed by atoms with E-state index in [-0.39, 0.29) is 25.6 Å². The van der Waals surface area contributed by atoms with Crippen molar-refractivity contribution in [2.45, 2.75) is 20.3 Å². The molecule has 0 atom stereocenters. The minimum absolute atomic E-state index is 0.0701. The molecule has 0 bridgehead atoms. The molecular formula is C12H22F2N2O2. The predicted molar refractivity (Wildman–Crippen MR) is 66.6 cm³/mol. The molecule has 4 nitrogen and oxygen atoms in total. The first-order chi connectivity index (χ1) is 8.40. The van der Waals surface area contributed by atoms with Gasteiger partial charge in [0, 0.05) is 19.6 Å². The van der Waals surface area contributed by atoms with Crippen molar-refractivity contribution in [2.24, 2.45) is 0 Å². The molecule has 18 heavy (non-hydrogen) atoms. The molecule has 0 spiro atoms. The molecule has 0 aromatic carbocycles. The van der Waals surface area contributed by atoms with Gasteiger partial charge in [-0.2, -0.15) is 0 Å². The van der Waals surface area contributed by atoms with E-state index in [4.69, 9.17) is 5.11 Å². The lowest BCUT2D eigenvalue weighted by atomic mass is 10.3. The van der Waals surface area contributed by atoms with Crippen molar-refractivity contribution in [3.8, 4) is 0 Å². The summed E-state index contributed by atoms with van der Waals surface area (Å²) in [7, 11) is 0. The van der Waals surface area contributed by atoms with E-state index in [1.807, 2.05) is 6.92 Å². The molecule has 0 saturated carbocycles. The Morgan fingerprint density at radius 3 is 2.39 bits per heavy atom. The molecule has 0 radical (unpaired) electrons. The van der Waals surface area contributed by atoms with Gasteiger partial charge in [-0.3, -0.25) is 9.69 Å². The van der Waals surface area contributed by atoms with Gasteiger partial charge in [0.1, 0.15) is 0 Å². The third kappa shape index (κ3) is 7.34. The van der Waals surface area contributed by atoms with Crippen LogP contribution in [0.2, 0.25) is 0 Å². The second kappa shape index (κ2) is 8.99. The zero-order valence-corrected chi connectivity index (χ0v) is 11.0. The van der Waals surface area contributed by atoms with Gasteiger partial charge in [0.25, 0.3) is 6.43 Å². The number of alkyl halides is 2. The van der Waals surface area contributed by atoms with E-state index >= 15 is 0 Å². The van der Waals surface area contributed by atoms with Gasteiger partial charge in [-0.1, -0.05) is 12.2 Å². The van der Waals surface area contributed by atoms with E-state index in [0.717, 1.165) is 5.57 Å². The Kier molecular flexibility index (Phi) is 8.49. The van der Waals surface area contributed by atoms with Crippen LogP contribution in [0, 0.1) is 0 Å². The van der Waals surface area contributed by atoms with Crippen molar-refractivity contribution in [1.29, 1.82) is 0 Å². The second-order valence-corrected chi connectivity index (χ2v) is 4.21. The van der Waals surface area contributed by atoms with Crippen LogP contribution in [0.5, 0.6) is 0 Å². The summed E-state index contributed by atoms with van der Waals surface area (Å²) in [6.07, 6.45) is -2.51. The van der Waals surface area contributed by atoms with E-state index in [1.54, 1.807) is 11.8 Å². The van der Waals surface area contributed by atoms with E-state index in [0.29, 0.717) is 13.1 Å². The lowest BCUT2D eigenvalue weighted by molar-refractivity contribution is -0.132. The first-order valence-corrected chi connectivity index (χ1v) is 5.94. The summed E-state index contributed by atoms with van der Waals surface area (Å²) in [6.45, 7) is 7.50. The molecule has 0 aromatic rings. The summed E-state index contributed by atoms with van der Waals surface area (Å²) < 4.78 is 24.6. The predicted octanol–water partition coefficient (Wildman–Crippen LogP) is 0.970. The van der Waals surface area contributed by atoms with Gasteiger partial charge in [-0.15, -0.1) is 0 Å². The van der Waals surface area contributed by atoms with E-state index in [1.165, 1.54) is 4.90 Å². The number of likely N-dealkylation sites (N-methyl/N-ethyl adjacent to an activating group) is 1. The maximum absolute atomic E-state index is 12.3. The molecule has 0 saturated heterocycles. The SMILES string of the molecule is C=C(C)CN(CC)C(=O)CN(CCO)CC(F)F. The summed E-state index contributed by atoms with van der Waals surface area (Å²) >= 11 is 0. The molecule has 0 heterocycles. The standard InChI is InChI=1S/C12H22F2N2O2/c1-4-16(7-10(2)3)12(18)9-15(5-6-17)8-11(13)14/h11,17H,2,4-9H2,1,3H3. The van der Waals surface area contributed by atoms with Crippen LogP contribution in [-0.4, -0.2) is 66.6 Å². The summed E-state index contributed by atoms with van der Waals surface area (Å²) in [5, 5.41) is 8.78. The van der Waals surface area contributed by atoms with Crippen molar-refractivity contribution in [1.82, 2.24) is 9.80 Å². The molecule has 106 valence electrons. The molecule has 0 aliphatic rings. The first-order valence-electron chi connectivity index (χ1n) is 5.94.